The predicted molar refractivity (Wildman–Crippen MR) is 23.5 cm³/mol. The zero-order valence-electron chi connectivity index (χ0n) is 4.38. The second-order valence-electron chi connectivity index (χ2n) is 1.79. The maximum Gasteiger partial charge on any atom is 0.508 e. The summed E-state index contributed by atoms with van der Waals surface area (Å²) in [4.78, 5) is 9.75. The van der Waals surface area contributed by atoms with Crippen molar-refractivity contribution in [3.8, 4) is 0 Å². The van der Waals surface area contributed by atoms with Crippen LogP contribution in [0.3, 0.4) is 0 Å². The second-order valence-corrected chi connectivity index (χ2v) is 1.79. The van der Waals surface area contributed by atoms with Crippen LogP contribution < -0.4 is 0 Å². The Kier molecular flexibility index (Phi) is 0.907. The van der Waals surface area contributed by atoms with Crippen LogP contribution >= 0.6 is 0 Å². The quantitative estimate of drug-likeness (QED) is 0.400. The Labute approximate surface area is 46.0 Å². The third-order valence-corrected chi connectivity index (χ3v) is 0.854. The van der Waals surface area contributed by atoms with Gasteiger partial charge in [-0.05, 0) is 0 Å². The van der Waals surface area contributed by atoms with Crippen LogP contribution in [-0.2, 0) is 9.47 Å². The molecule has 1 fully saturated rings. The van der Waals surface area contributed by atoms with E-state index in [1.165, 1.54) is 0 Å². The Morgan fingerprint density at radius 3 is 2.62 bits per heavy atom. The molecule has 0 bridgehead atoms. The summed E-state index contributed by atoms with van der Waals surface area (Å²) in [5, 5.41) is 7.99. The number of rotatable bonds is 1. The summed E-state index contributed by atoms with van der Waals surface area (Å²) in [7, 11) is 0. The van der Waals surface area contributed by atoms with Gasteiger partial charge in [-0.25, -0.2) is 4.79 Å². The molecule has 0 aromatic carbocycles. The van der Waals surface area contributed by atoms with Crippen molar-refractivity contribution < 1.29 is 19.4 Å². The predicted octanol–water partition coefficient (Wildman–Crippen LogP) is 0.427. The molecule has 1 aliphatic rings. The minimum Gasteiger partial charge on any atom is -0.450 e. The van der Waals surface area contributed by atoms with Crippen molar-refractivity contribution in [1.29, 1.82) is 0 Å². The molecule has 1 N–H and O–H groups in total. The van der Waals surface area contributed by atoms with E-state index in [4.69, 9.17) is 5.11 Å². The van der Waals surface area contributed by atoms with Gasteiger partial charge in [0.25, 0.3) is 0 Å². The fourth-order valence-electron chi connectivity index (χ4n) is 0.345. The first-order chi connectivity index (χ1) is 3.62. The van der Waals surface area contributed by atoms with Crippen LogP contribution in [0.2, 0.25) is 0 Å². The molecular formula is C4H6O4. The Morgan fingerprint density at radius 1 is 2.00 bits per heavy atom. The van der Waals surface area contributed by atoms with Crippen LogP contribution in [-0.4, -0.2) is 23.7 Å². The molecule has 1 aliphatic heterocycles. The first kappa shape index (κ1) is 5.37. The minimum absolute atomic E-state index is 0.374. The van der Waals surface area contributed by atoms with Crippen molar-refractivity contribution in [2.24, 2.45) is 0 Å². The highest BCUT2D eigenvalue weighted by Crippen LogP contribution is 2.26. The lowest BCUT2D eigenvalue weighted by Crippen LogP contribution is -2.14. The standard InChI is InChI=1S/C4H6O4/c1-4(2-7-4)8-3(5)6/h2H2,1H3,(H,5,6)/t4-/m0/s1. The molecule has 0 amide bonds. The van der Waals surface area contributed by atoms with Crippen LogP contribution in [0, 0.1) is 0 Å². The SMILES string of the molecule is C[C@]1(OC(=O)O)CO1. The van der Waals surface area contributed by atoms with Crippen molar-refractivity contribution >= 4 is 6.16 Å². The van der Waals surface area contributed by atoms with E-state index in [0.717, 1.165) is 0 Å². The highest BCUT2D eigenvalue weighted by molar-refractivity contribution is 5.57. The lowest BCUT2D eigenvalue weighted by Gasteiger charge is -2.00. The van der Waals surface area contributed by atoms with E-state index in [9.17, 15) is 4.79 Å². The van der Waals surface area contributed by atoms with Gasteiger partial charge in [-0.1, -0.05) is 0 Å². The Bertz CT molecular complexity index is 115. The fraction of sp³-hybridized carbons (Fsp3) is 0.750. The normalized spacial score (nSPS) is 34.1. The fourth-order valence-corrected chi connectivity index (χ4v) is 0.345. The largest absolute Gasteiger partial charge is 0.508 e. The van der Waals surface area contributed by atoms with Crippen LogP contribution in [0.4, 0.5) is 4.79 Å². The third-order valence-electron chi connectivity index (χ3n) is 0.854. The van der Waals surface area contributed by atoms with Gasteiger partial charge < -0.3 is 14.6 Å². The van der Waals surface area contributed by atoms with E-state index < -0.39 is 11.9 Å². The van der Waals surface area contributed by atoms with Crippen molar-refractivity contribution in [1.82, 2.24) is 0 Å². The maximum atomic E-state index is 9.75. The van der Waals surface area contributed by atoms with Crippen LogP contribution in [0.15, 0.2) is 0 Å². The molecule has 1 saturated heterocycles. The lowest BCUT2D eigenvalue weighted by atomic mass is 10.5. The zero-order valence-corrected chi connectivity index (χ0v) is 4.38. The van der Waals surface area contributed by atoms with E-state index in [2.05, 4.69) is 9.47 Å². The summed E-state index contributed by atoms with van der Waals surface area (Å²) >= 11 is 0. The maximum absolute atomic E-state index is 9.75. The Balaban J connectivity index is 2.29. The first-order valence-corrected chi connectivity index (χ1v) is 2.18. The van der Waals surface area contributed by atoms with Gasteiger partial charge in [0, 0.05) is 6.92 Å². The number of hydrogen-bond acceptors (Lipinski definition) is 3. The highest BCUT2D eigenvalue weighted by Gasteiger charge is 2.44. The van der Waals surface area contributed by atoms with Crippen LogP contribution in [0.5, 0.6) is 0 Å². The van der Waals surface area contributed by atoms with Crippen molar-refractivity contribution in [2.75, 3.05) is 6.61 Å². The van der Waals surface area contributed by atoms with E-state index in [1.54, 1.807) is 6.92 Å². The number of ether oxygens (including phenoxy) is 2. The first-order valence-electron chi connectivity index (χ1n) is 2.18. The molecule has 4 heteroatoms. The molecule has 0 saturated carbocycles. The molecule has 4 nitrogen and oxygen atoms in total. The van der Waals surface area contributed by atoms with Crippen LogP contribution in [0.1, 0.15) is 6.92 Å². The molecule has 0 spiro atoms. The van der Waals surface area contributed by atoms with Gasteiger partial charge in [0.15, 0.2) is 0 Å². The summed E-state index contributed by atoms with van der Waals surface area (Å²) < 4.78 is 8.85. The van der Waals surface area contributed by atoms with Gasteiger partial charge in [-0.3, -0.25) is 0 Å². The van der Waals surface area contributed by atoms with Gasteiger partial charge >= 0.3 is 6.16 Å². The molecule has 0 unspecified atom stereocenters. The van der Waals surface area contributed by atoms with E-state index >= 15 is 0 Å². The summed E-state index contributed by atoms with van der Waals surface area (Å²) in [6.07, 6.45) is -1.29. The van der Waals surface area contributed by atoms with Gasteiger partial charge in [-0.2, -0.15) is 0 Å². The summed E-state index contributed by atoms with van der Waals surface area (Å²) in [5.41, 5.74) is 0. The second kappa shape index (κ2) is 1.35. The molecule has 8 heavy (non-hydrogen) atoms. The molecule has 1 atom stereocenters. The average Bonchev–Trinajstić information content (AvgIpc) is 2.17. The van der Waals surface area contributed by atoms with Crippen LogP contribution in [0.25, 0.3) is 0 Å². The molecule has 1 heterocycles. The average molecular weight is 118 g/mol. The minimum atomic E-state index is -1.29. The van der Waals surface area contributed by atoms with Gasteiger partial charge in [0.2, 0.25) is 5.79 Å². The number of carboxylic acid groups (broad SMARTS) is 1. The van der Waals surface area contributed by atoms with Gasteiger partial charge in [0.1, 0.15) is 6.61 Å². The summed E-state index contributed by atoms with van der Waals surface area (Å²) in [6, 6.07) is 0. The molecule has 0 radical (unpaired) electrons. The van der Waals surface area contributed by atoms with Crippen molar-refractivity contribution in [2.45, 2.75) is 12.7 Å². The van der Waals surface area contributed by atoms with Gasteiger partial charge in [-0.15, -0.1) is 0 Å². The highest BCUT2D eigenvalue weighted by atomic mass is 16.8. The van der Waals surface area contributed by atoms with E-state index in [-0.39, 0.29) is 0 Å². The molecular weight excluding hydrogens is 112 g/mol. The molecule has 0 aromatic heterocycles. The van der Waals surface area contributed by atoms with Gasteiger partial charge in [0.05, 0.1) is 0 Å². The number of epoxide rings is 1. The van der Waals surface area contributed by atoms with Crippen molar-refractivity contribution in [3.63, 3.8) is 0 Å². The zero-order chi connectivity index (χ0) is 6.20. The summed E-state index contributed by atoms with van der Waals surface area (Å²) in [5.74, 6) is -0.828. The summed E-state index contributed by atoms with van der Waals surface area (Å²) in [6.45, 7) is 1.94. The number of hydrogen-bond donors (Lipinski definition) is 1. The van der Waals surface area contributed by atoms with E-state index in [1.807, 2.05) is 0 Å². The Hall–Kier alpha value is -0.770. The van der Waals surface area contributed by atoms with E-state index in [0.29, 0.717) is 6.61 Å². The molecule has 1 rings (SSSR count). The number of carbonyl (C=O) groups is 1. The monoisotopic (exact) mass is 118 g/mol. The lowest BCUT2D eigenvalue weighted by molar-refractivity contribution is -0.00671. The Morgan fingerprint density at radius 2 is 2.50 bits per heavy atom. The topological polar surface area (TPSA) is 59.1 Å². The third kappa shape index (κ3) is 1.10. The molecule has 0 aliphatic carbocycles. The van der Waals surface area contributed by atoms with Crippen molar-refractivity contribution in [3.05, 3.63) is 0 Å². The smallest absolute Gasteiger partial charge is 0.450 e. The molecule has 46 valence electrons. The molecule has 0 aromatic rings.